The van der Waals surface area contributed by atoms with Crippen LogP contribution in [-0.4, -0.2) is 39.8 Å². The predicted molar refractivity (Wildman–Crippen MR) is 44.5 cm³/mol. The van der Waals surface area contributed by atoms with E-state index < -0.39 is 18.1 Å². The molecule has 1 saturated heterocycles. The Balaban J connectivity index is 2.77. The van der Waals surface area contributed by atoms with Crippen LogP contribution in [0.25, 0.3) is 0 Å². The van der Waals surface area contributed by atoms with Gasteiger partial charge in [-0.1, -0.05) is 12.2 Å². The second-order valence-corrected chi connectivity index (χ2v) is 3.03. The fraction of sp³-hybridized carbons (Fsp3) is 0.500. The molecular formula is C8H11NO4. The molecule has 1 fully saturated rings. The largest absolute Gasteiger partial charge is 0.480 e. The summed E-state index contributed by atoms with van der Waals surface area (Å²) in [6.45, 7) is 3.88. The number of carboxylic acids is 1. The van der Waals surface area contributed by atoms with E-state index in [1.165, 1.54) is 0 Å². The van der Waals surface area contributed by atoms with Crippen molar-refractivity contribution < 1.29 is 19.8 Å². The lowest BCUT2D eigenvalue weighted by Gasteiger charge is -2.31. The van der Waals surface area contributed by atoms with Crippen molar-refractivity contribution >= 4 is 12.1 Å². The second-order valence-electron chi connectivity index (χ2n) is 3.03. The maximum Gasteiger partial charge on any atom is 0.408 e. The average Bonchev–Trinajstić information content (AvgIpc) is 2.03. The number of amides is 1. The quantitative estimate of drug-likeness (QED) is 0.591. The summed E-state index contributed by atoms with van der Waals surface area (Å²) in [6, 6.07) is -0.959. The highest BCUT2D eigenvalue weighted by Gasteiger charge is 2.32. The van der Waals surface area contributed by atoms with Crippen LogP contribution in [0.15, 0.2) is 12.2 Å². The Morgan fingerprint density at radius 3 is 2.54 bits per heavy atom. The van der Waals surface area contributed by atoms with Gasteiger partial charge in [0.25, 0.3) is 0 Å². The molecule has 0 aromatic carbocycles. The summed E-state index contributed by atoms with van der Waals surface area (Å²) in [5.74, 6) is -1.11. The fourth-order valence-corrected chi connectivity index (χ4v) is 1.37. The Morgan fingerprint density at radius 1 is 1.46 bits per heavy atom. The number of hydrogen-bond acceptors (Lipinski definition) is 2. The van der Waals surface area contributed by atoms with Gasteiger partial charge in [-0.05, 0) is 12.8 Å². The number of likely N-dealkylation sites (tertiary alicyclic amines) is 1. The van der Waals surface area contributed by atoms with Crippen LogP contribution in [0.3, 0.4) is 0 Å². The highest BCUT2D eigenvalue weighted by Crippen LogP contribution is 2.20. The van der Waals surface area contributed by atoms with Gasteiger partial charge in [-0.15, -0.1) is 0 Å². The molecule has 0 aliphatic carbocycles. The molecule has 1 aliphatic rings. The van der Waals surface area contributed by atoms with Crippen molar-refractivity contribution in [1.29, 1.82) is 0 Å². The smallest absolute Gasteiger partial charge is 0.408 e. The second kappa shape index (κ2) is 3.47. The van der Waals surface area contributed by atoms with E-state index in [1.807, 2.05) is 0 Å². The van der Waals surface area contributed by atoms with Crippen LogP contribution in [0, 0.1) is 0 Å². The van der Waals surface area contributed by atoms with Crippen molar-refractivity contribution in [3.8, 4) is 0 Å². The SMILES string of the molecule is C=C1CCN(C(=O)O)[C@@H](C(=O)O)C1. The van der Waals surface area contributed by atoms with Gasteiger partial charge in [-0.2, -0.15) is 0 Å². The van der Waals surface area contributed by atoms with Crippen molar-refractivity contribution in [2.45, 2.75) is 18.9 Å². The molecule has 0 spiro atoms. The molecule has 1 atom stereocenters. The van der Waals surface area contributed by atoms with Gasteiger partial charge in [0.05, 0.1) is 0 Å². The number of piperidine rings is 1. The number of aliphatic carboxylic acids is 1. The Hall–Kier alpha value is -1.52. The van der Waals surface area contributed by atoms with E-state index >= 15 is 0 Å². The first-order chi connectivity index (χ1) is 6.02. The Kier molecular flexibility index (Phi) is 2.55. The monoisotopic (exact) mass is 185 g/mol. The maximum atomic E-state index is 10.7. The average molecular weight is 185 g/mol. The molecule has 0 aromatic heterocycles. The number of nitrogens with zero attached hydrogens (tertiary/aromatic N) is 1. The van der Waals surface area contributed by atoms with Crippen molar-refractivity contribution in [3.63, 3.8) is 0 Å². The molecule has 13 heavy (non-hydrogen) atoms. The lowest BCUT2D eigenvalue weighted by atomic mass is 9.98. The Labute approximate surface area is 75.3 Å². The summed E-state index contributed by atoms with van der Waals surface area (Å²) in [5, 5.41) is 17.4. The highest BCUT2D eigenvalue weighted by atomic mass is 16.4. The van der Waals surface area contributed by atoms with E-state index in [1.54, 1.807) is 0 Å². The fourth-order valence-electron chi connectivity index (χ4n) is 1.37. The molecule has 1 aliphatic heterocycles. The number of carboxylic acid groups (broad SMARTS) is 2. The first kappa shape index (κ1) is 9.57. The summed E-state index contributed by atoms with van der Waals surface area (Å²) >= 11 is 0. The van der Waals surface area contributed by atoms with Crippen LogP contribution in [0.2, 0.25) is 0 Å². The molecule has 5 heteroatoms. The number of carbonyl (C=O) groups is 2. The molecule has 2 N–H and O–H groups in total. The number of hydrogen-bond donors (Lipinski definition) is 2. The van der Waals surface area contributed by atoms with Crippen LogP contribution in [0.5, 0.6) is 0 Å². The molecule has 0 saturated carbocycles. The zero-order chi connectivity index (χ0) is 10.0. The molecule has 1 amide bonds. The third kappa shape index (κ3) is 1.99. The molecule has 72 valence electrons. The lowest BCUT2D eigenvalue weighted by molar-refractivity contribution is -0.143. The summed E-state index contributed by atoms with van der Waals surface area (Å²) < 4.78 is 0. The van der Waals surface area contributed by atoms with E-state index in [-0.39, 0.29) is 13.0 Å². The van der Waals surface area contributed by atoms with E-state index in [9.17, 15) is 9.59 Å². The van der Waals surface area contributed by atoms with Gasteiger partial charge in [0, 0.05) is 6.54 Å². The molecule has 0 unspecified atom stereocenters. The van der Waals surface area contributed by atoms with Crippen molar-refractivity contribution in [2.24, 2.45) is 0 Å². The van der Waals surface area contributed by atoms with Gasteiger partial charge in [-0.3, -0.25) is 4.90 Å². The van der Waals surface area contributed by atoms with E-state index in [4.69, 9.17) is 10.2 Å². The zero-order valence-electron chi connectivity index (χ0n) is 7.06. The standard InChI is InChI=1S/C8H11NO4/c1-5-2-3-9(8(12)13)6(4-5)7(10)11/h6H,1-4H2,(H,10,11)(H,12,13)/t6-/m1/s1. The topological polar surface area (TPSA) is 77.8 Å². The van der Waals surface area contributed by atoms with Gasteiger partial charge in [0.15, 0.2) is 0 Å². The summed E-state index contributed by atoms with van der Waals surface area (Å²) in [6.07, 6.45) is -0.405. The summed E-state index contributed by atoms with van der Waals surface area (Å²) in [7, 11) is 0. The Bertz CT molecular complexity index is 261. The van der Waals surface area contributed by atoms with Crippen LogP contribution >= 0.6 is 0 Å². The van der Waals surface area contributed by atoms with Crippen LogP contribution in [-0.2, 0) is 4.79 Å². The first-order valence-corrected chi connectivity index (χ1v) is 3.91. The maximum absolute atomic E-state index is 10.7. The summed E-state index contributed by atoms with van der Waals surface area (Å²) in [4.78, 5) is 22.2. The normalized spacial score (nSPS) is 22.9. The van der Waals surface area contributed by atoms with Crippen molar-refractivity contribution in [2.75, 3.05) is 6.54 Å². The van der Waals surface area contributed by atoms with Gasteiger partial charge < -0.3 is 10.2 Å². The third-order valence-corrected chi connectivity index (χ3v) is 2.10. The van der Waals surface area contributed by atoms with Gasteiger partial charge in [0.2, 0.25) is 0 Å². The van der Waals surface area contributed by atoms with E-state index in [0.717, 1.165) is 10.5 Å². The molecule has 0 aromatic rings. The summed E-state index contributed by atoms with van der Waals surface area (Å²) in [5.41, 5.74) is 0.796. The van der Waals surface area contributed by atoms with Gasteiger partial charge in [-0.25, -0.2) is 9.59 Å². The molecule has 5 nitrogen and oxygen atoms in total. The molecule has 1 heterocycles. The molecular weight excluding hydrogens is 174 g/mol. The minimum Gasteiger partial charge on any atom is -0.480 e. The van der Waals surface area contributed by atoms with Crippen molar-refractivity contribution in [3.05, 3.63) is 12.2 Å². The van der Waals surface area contributed by atoms with Crippen LogP contribution in [0.4, 0.5) is 4.79 Å². The van der Waals surface area contributed by atoms with Crippen LogP contribution < -0.4 is 0 Å². The minimum absolute atomic E-state index is 0.224. The van der Waals surface area contributed by atoms with Gasteiger partial charge >= 0.3 is 12.1 Å². The minimum atomic E-state index is -1.18. The van der Waals surface area contributed by atoms with E-state index in [0.29, 0.717) is 6.42 Å². The Morgan fingerprint density at radius 2 is 2.08 bits per heavy atom. The number of rotatable bonds is 1. The predicted octanol–water partition coefficient (Wildman–Crippen LogP) is 0.770. The first-order valence-electron chi connectivity index (χ1n) is 3.91. The zero-order valence-corrected chi connectivity index (χ0v) is 7.06. The lowest BCUT2D eigenvalue weighted by Crippen LogP contribution is -2.47. The van der Waals surface area contributed by atoms with Gasteiger partial charge in [0.1, 0.15) is 6.04 Å². The van der Waals surface area contributed by atoms with Crippen molar-refractivity contribution in [1.82, 2.24) is 4.90 Å². The van der Waals surface area contributed by atoms with Crippen LogP contribution in [0.1, 0.15) is 12.8 Å². The molecule has 0 radical (unpaired) electrons. The highest BCUT2D eigenvalue weighted by molar-refractivity contribution is 5.80. The third-order valence-electron chi connectivity index (χ3n) is 2.10. The molecule has 1 rings (SSSR count). The molecule has 0 bridgehead atoms. The van der Waals surface area contributed by atoms with E-state index in [2.05, 4.69) is 6.58 Å².